The Balaban J connectivity index is 1.54. The van der Waals surface area contributed by atoms with Crippen LogP contribution in [0.15, 0.2) is 77.5 Å². The fourth-order valence-corrected chi connectivity index (χ4v) is 4.61. The Hall–Kier alpha value is -2.47. The maximum atomic E-state index is 5.29. The summed E-state index contributed by atoms with van der Waals surface area (Å²) in [4.78, 5) is 6.01. The fourth-order valence-electron chi connectivity index (χ4n) is 2.98. The van der Waals surface area contributed by atoms with Gasteiger partial charge in [-0.2, -0.15) is 0 Å². The zero-order valence-electron chi connectivity index (χ0n) is 15.0. The summed E-state index contributed by atoms with van der Waals surface area (Å²) in [5.41, 5.74) is 3.50. The molecule has 0 saturated carbocycles. The van der Waals surface area contributed by atoms with Crippen LogP contribution in [0.2, 0.25) is 0 Å². The van der Waals surface area contributed by atoms with Gasteiger partial charge in [-0.1, -0.05) is 48.5 Å². The Bertz CT molecular complexity index is 963. The molecule has 2 heterocycles. The molecule has 1 atom stereocenters. The first-order valence-corrected chi connectivity index (χ1v) is 10.5. The van der Waals surface area contributed by atoms with Crippen LogP contribution in [0.5, 0.6) is 5.75 Å². The average molecular weight is 393 g/mol. The summed E-state index contributed by atoms with van der Waals surface area (Å²) in [5, 5.41) is 8.98. The molecule has 4 rings (SSSR count). The average Bonchev–Trinajstić information content (AvgIpc) is 3.41. The van der Waals surface area contributed by atoms with Gasteiger partial charge in [0.25, 0.3) is 0 Å². The van der Waals surface area contributed by atoms with Gasteiger partial charge in [-0.05, 0) is 34.7 Å². The maximum absolute atomic E-state index is 5.29. The predicted octanol–water partition coefficient (Wildman–Crippen LogP) is 5.76. The van der Waals surface area contributed by atoms with Crippen molar-refractivity contribution in [1.82, 2.24) is 10.3 Å². The Morgan fingerprint density at radius 1 is 0.926 bits per heavy atom. The van der Waals surface area contributed by atoms with E-state index in [0.29, 0.717) is 6.54 Å². The van der Waals surface area contributed by atoms with E-state index in [1.54, 1.807) is 29.8 Å². The van der Waals surface area contributed by atoms with Crippen molar-refractivity contribution in [3.05, 3.63) is 94.3 Å². The van der Waals surface area contributed by atoms with E-state index in [1.807, 2.05) is 18.2 Å². The molecule has 0 aliphatic carbocycles. The van der Waals surface area contributed by atoms with Crippen LogP contribution < -0.4 is 10.1 Å². The monoisotopic (exact) mass is 392 g/mol. The van der Waals surface area contributed by atoms with E-state index in [-0.39, 0.29) is 6.04 Å². The summed E-state index contributed by atoms with van der Waals surface area (Å²) in [6.07, 6.45) is 0. The minimum atomic E-state index is 0.101. The molecular formula is C22H20N2OS2. The predicted molar refractivity (Wildman–Crippen MR) is 114 cm³/mol. The third-order valence-electron chi connectivity index (χ3n) is 4.35. The number of benzene rings is 2. The highest BCUT2D eigenvalue weighted by Gasteiger charge is 2.15. The molecule has 0 radical (unpaired) electrons. The third-order valence-corrected chi connectivity index (χ3v) is 6.28. The third kappa shape index (κ3) is 4.27. The summed E-state index contributed by atoms with van der Waals surface area (Å²) in [7, 11) is 1.69. The number of rotatable bonds is 7. The lowest BCUT2D eigenvalue weighted by Crippen LogP contribution is -2.22. The summed E-state index contributed by atoms with van der Waals surface area (Å²) < 4.78 is 5.29. The van der Waals surface area contributed by atoms with Gasteiger partial charge in [0.2, 0.25) is 0 Å². The minimum absolute atomic E-state index is 0.101. The van der Waals surface area contributed by atoms with Crippen molar-refractivity contribution in [2.24, 2.45) is 0 Å². The number of hydrogen-bond donors (Lipinski definition) is 1. The topological polar surface area (TPSA) is 34.1 Å². The van der Waals surface area contributed by atoms with Crippen LogP contribution in [-0.2, 0) is 6.54 Å². The Morgan fingerprint density at radius 3 is 2.41 bits per heavy atom. The number of methoxy groups -OCH3 is 1. The molecule has 0 amide bonds. The van der Waals surface area contributed by atoms with Gasteiger partial charge >= 0.3 is 0 Å². The molecule has 0 aliphatic heterocycles. The van der Waals surface area contributed by atoms with E-state index in [2.05, 4.69) is 64.6 Å². The summed E-state index contributed by atoms with van der Waals surface area (Å²) in [6, 6.07) is 23.0. The first-order chi connectivity index (χ1) is 13.3. The number of nitrogens with one attached hydrogen (secondary N) is 1. The molecule has 3 nitrogen and oxygen atoms in total. The van der Waals surface area contributed by atoms with Crippen molar-refractivity contribution in [3.8, 4) is 15.6 Å². The molecule has 0 unspecified atom stereocenters. The molecule has 2 aromatic heterocycles. The molecule has 136 valence electrons. The number of nitrogens with zero attached hydrogens (tertiary/aromatic N) is 1. The van der Waals surface area contributed by atoms with Gasteiger partial charge in [0, 0.05) is 11.9 Å². The zero-order valence-corrected chi connectivity index (χ0v) is 16.6. The van der Waals surface area contributed by atoms with Crippen molar-refractivity contribution < 1.29 is 4.74 Å². The van der Waals surface area contributed by atoms with Crippen molar-refractivity contribution in [1.29, 1.82) is 0 Å². The quantitative estimate of drug-likeness (QED) is 0.434. The van der Waals surface area contributed by atoms with Gasteiger partial charge in [0.05, 0.1) is 23.7 Å². The van der Waals surface area contributed by atoms with Crippen LogP contribution in [-0.4, -0.2) is 12.1 Å². The maximum Gasteiger partial charge on any atom is 0.133 e. The Morgan fingerprint density at radius 2 is 1.70 bits per heavy atom. The highest BCUT2D eigenvalue weighted by molar-refractivity contribution is 7.20. The highest BCUT2D eigenvalue weighted by Crippen LogP contribution is 2.29. The van der Waals surface area contributed by atoms with Gasteiger partial charge in [-0.25, -0.2) is 4.98 Å². The van der Waals surface area contributed by atoms with Gasteiger partial charge in [-0.15, -0.1) is 22.7 Å². The molecular weight excluding hydrogens is 372 g/mol. The molecule has 27 heavy (non-hydrogen) atoms. The van der Waals surface area contributed by atoms with E-state index >= 15 is 0 Å². The SMILES string of the molecule is COc1ccc([C@@H](NCc2csc(-c3cccs3)n2)c2ccccc2)cc1. The lowest BCUT2D eigenvalue weighted by atomic mass is 9.98. The van der Waals surface area contributed by atoms with Crippen molar-refractivity contribution in [2.45, 2.75) is 12.6 Å². The smallest absolute Gasteiger partial charge is 0.133 e. The van der Waals surface area contributed by atoms with Crippen molar-refractivity contribution in [3.63, 3.8) is 0 Å². The van der Waals surface area contributed by atoms with Gasteiger partial charge < -0.3 is 10.1 Å². The normalized spacial score (nSPS) is 12.0. The van der Waals surface area contributed by atoms with Crippen molar-refractivity contribution >= 4 is 22.7 Å². The first kappa shape index (κ1) is 17.9. The first-order valence-electron chi connectivity index (χ1n) is 8.74. The van der Waals surface area contributed by atoms with Gasteiger partial charge in [0.15, 0.2) is 0 Å². The second-order valence-corrected chi connectivity index (χ2v) is 7.92. The second kappa shape index (κ2) is 8.48. The Kier molecular flexibility index (Phi) is 5.63. The fraction of sp³-hybridized carbons (Fsp3) is 0.136. The van der Waals surface area contributed by atoms with Crippen LogP contribution >= 0.6 is 22.7 Å². The molecule has 2 aromatic carbocycles. The van der Waals surface area contributed by atoms with Crippen molar-refractivity contribution in [2.75, 3.05) is 7.11 Å². The lowest BCUT2D eigenvalue weighted by molar-refractivity contribution is 0.414. The van der Waals surface area contributed by atoms with E-state index < -0.39 is 0 Å². The highest BCUT2D eigenvalue weighted by atomic mass is 32.1. The zero-order chi connectivity index (χ0) is 18.5. The number of aromatic nitrogens is 1. The van der Waals surface area contributed by atoms with Gasteiger partial charge in [0.1, 0.15) is 10.8 Å². The van der Waals surface area contributed by atoms with Crippen LogP contribution in [0.25, 0.3) is 9.88 Å². The number of ether oxygens (including phenoxy) is 1. The van der Waals surface area contributed by atoms with Crippen LogP contribution in [0, 0.1) is 0 Å². The van der Waals surface area contributed by atoms with Gasteiger partial charge in [-0.3, -0.25) is 0 Å². The molecule has 0 bridgehead atoms. The number of thiophene rings is 1. The molecule has 4 aromatic rings. The molecule has 0 fully saturated rings. The summed E-state index contributed by atoms with van der Waals surface area (Å²) in [5.74, 6) is 0.866. The van der Waals surface area contributed by atoms with E-state index in [1.165, 1.54) is 16.0 Å². The van der Waals surface area contributed by atoms with Crippen LogP contribution in [0.3, 0.4) is 0 Å². The molecule has 1 N–H and O–H groups in total. The van der Waals surface area contributed by atoms with E-state index in [9.17, 15) is 0 Å². The lowest BCUT2D eigenvalue weighted by Gasteiger charge is -2.19. The molecule has 5 heteroatoms. The molecule has 0 aliphatic rings. The molecule has 0 spiro atoms. The standard InChI is InChI=1S/C22H20N2OS2/c1-25-19-11-9-17(10-12-19)21(16-6-3-2-4-7-16)23-14-18-15-27-22(24-18)20-8-5-13-26-20/h2-13,15,21,23H,14H2,1H3/t21-/m0/s1. The molecule has 0 saturated heterocycles. The number of hydrogen-bond acceptors (Lipinski definition) is 5. The summed E-state index contributed by atoms with van der Waals surface area (Å²) in [6.45, 7) is 0.716. The van der Waals surface area contributed by atoms with Crippen LogP contribution in [0.1, 0.15) is 22.9 Å². The Labute approximate surface area is 167 Å². The number of thiazole rings is 1. The minimum Gasteiger partial charge on any atom is -0.497 e. The van der Waals surface area contributed by atoms with E-state index in [4.69, 9.17) is 9.72 Å². The van der Waals surface area contributed by atoms with Crippen LogP contribution in [0.4, 0.5) is 0 Å². The second-order valence-electron chi connectivity index (χ2n) is 6.12. The summed E-state index contributed by atoms with van der Waals surface area (Å²) >= 11 is 3.42. The van der Waals surface area contributed by atoms with E-state index in [0.717, 1.165) is 16.5 Å². The largest absolute Gasteiger partial charge is 0.497 e.